The van der Waals surface area contributed by atoms with E-state index in [-0.39, 0.29) is 11.6 Å². The smallest absolute Gasteiger partial charge is 0.269 e. The first-order valence-electron chi connectivity index (χ1n) is 7.31. The molecule has 6 nitrogen and oxygen atoms in total. The number of nitro benzene ring substituents is 1. The van der Waals surface area contributed by atoms with E-state index in [9.17, 15) is 14.9 Å². The highest BCUT2D eigenvalue weighted by Gasteiger charge is 2.11. The molecule has 0 unspecified atom stereocenters. The largest absolute Gasteiger partial charge is 0.322 e. The zero-order valence-electron chi connectivity index (χ0n) is 12.8. The van der Waals surface area contributed by atoms with Gasteiger partial charge in [0.05, 0.1) is 15.6 Å². The third-order valence-corrected chi connectivity index (χ3v) is 3.83. The number of nitrogens with one attached hydrogen (secondary N) is 1. The molecular formula is C18H12ClN3O3. The van der Waals surface area contributed by atoms with E-state index >= 15 is 0 Å². The van der Waals surface area contributed by atoms with E-state index in [4.69, 9.17) is 11.6 Å². The lowest BCUT2D eigenvalue weighted by Gasteiger charge is -2.09. The Kier molecular flexibility index (Phi) is 4.72. The molecule has 3 rings (SSSR count). The number of nitrogens with zero attached hydrogens (tertiary/aromatic N) is 2. The van der Waals surface area contributed by atoms with Crippen molar-refractivity contribution in [2.24, 2.45) is 0 Å². The third kappa shape index (κ3) is 3.81. The summed E-state index contributed by atoms with van der Waals surface area (Å²) < 4.78 is 0. The van der Waals surface area contributed by atoms with E-state index in [0.29, 0.717) is 27.5 Å². The molecule has 0 radical (unpaired) electrons. The molecule has 124 valence electrons. The molecule has 0 aliphatic heterocycles. The van der Waals surface area contributed by atoms with E-state index in [1.165, 1.54) is 24.3 Å². The SMILES string of the molecule is O=C(Nc1ccc(Cl)c(-c2ccccn2)c1)c1ccc([N+](=O)[O-])cc1. The van der Waals surface area contributed by atoms with E-state index in [0.717, 1.165) is 0 Å². The molecule has 0 fully saturated rings. The van der Waals surface area contributed by atoms with E-state index in [1.807, 2.05) is 12.1 Å². The third-order valence-electron chi connectivity index (χ3n) is 3.51. The summed E-state index contributed by atoms with van der Waals surface area (Å²) >= 11 is 6.21. The number of benzene rings is 2. The van der Waals surface area contributed by atoms with Crippen molar-refractivity contribution < 1.29 is 9.72 Å². The minimum absolute atomic E-state index is 0.0690. The van der Waals surface area contributed by atoms with Gasteiger partial charge in [-0.05, 0) is 42.5 Å². The van der Waals surface area contributed by atoms with Crippen LogP contribution in [0.15, 0.2) is 66.9 Å². The number of anilines is 1. The van der Waals surface area contributed by atoms with E-state index in [2.05, 4.69) is 10.3 Å². The Morgan fingerprint density at radius 2 is 1.84 bits per heavy atom. The van der Waals surface area contributed by atoms with Crippen LogP contribution < -0.4 is 5.32 Å². The van der Waals surface area contributed by atoms with Gasteiger partial charge in [-0.2, -0.15) is 0 Å². The molecule has 1 amide bonds. The van der Waals surface area contributed by atoms with Gasteiger partial charge < -0.3 is 5.32 Å². The normalized spacial score (nSPS) is 10.3. The number of pyridine rings is 1. The fourth-order valence-corrected chi connectivity index (χ4v) is 2.47. The maximum atomic E-state index is 12.3. The van der Waals surface area contributed by atoms with Crippen molar-refractivity contribution in [2.45, 2.75) is 0 Å². The predicted octanol–water partition coefficient (Wildman–Crippen LogP) is 4.56. The van der Waals surface area contributed by atoms with Gasteiger partial charge in [-0.3, -0.25) is 19.9 Å². The van der Waals surface area contributed by atoms with Crippen LogP contribution in [0.3, 0.4) is 0 Å². The molecule has 25 heavy (non-hydrogen) atoms. The Hall–Kier alpha value is -3.25. The Bertz CT molecular complexity index is 928. The highest BCUT2D eigenvalue weighted by Crippen LogP contribution is 2.29. The fourth-order valence-electron chi connectivity index (χ4n) is 2.26. The number of amides is 1. The second-order valence-corrected chi connectivity index (χ2v) is 5.57. The molecule has 2 aromatic carbocycles. The van der Waals surface area contributed by atoms with Gasteiger partial charge >= 0.3 is 0 Å². The van der Waals surface area contributed by atoms with Gasteiger partial charge in [0.1, 0.15) is 0 Å². The molecule has 0 bridgehead atoms. The molecule has 0 saturated carbocycles. The first-order valence-corrected chi connectivity index (χ1v) is 7.69. The lowest BCUT2D eigenvalue weighted by Crippen LogP contribution is -2.11. The summed E-state index contributed by atoms with van der Waals surface area (Å²) in [5.41, 5.74) is 2.19. The average molecular weight is 354 g/mol. The van der Waals surface area contributed by atoms with Crippen molar-refractivity contribution in [1.82, 2.24) is 4.98 Å². The average Bonchev–Trinajstić information content (AvgIpc) is 2.64. The van der Waals surface area contributed by atoms with Crippen LogP contribution >= 0.6 is 11.6 Å². The molecule has 1 N–H and O–H groups in total. The predicted molar refractivity (Wildman–Crippen MR) is 95.7 cm³/mol. The molecule has 3 aromatic rings. The van der Waals surface area contributed by atoms with Crippen molar-refractivity contribution >= 4 is 28.9 Å². The Morgan fingerprint density at radius 1 is 1.08 bits per heavy atom. The molecule has 0 aliphatic rings. The second-order valence-electron chi connectivity index (χ2n) is 5.17. The summed E-state index contributed by atoms with van der Waals surface area (Å²) in [6, 6.07) is 15.9. The first-order chi connectivity index (χ1) is 12.0. The van der Waals surface area contributed by atoms with E-state index < -0.39 is 4.92 Å². The van der Waals surface area contributed by atoms with Gasteiger partial charge in [0.2, 0.25) is 0 Å². The zero-order chi connectivity index (χ0) is 17.8. The maximum Gasteiger partial charge on any atom is 0.269 e. The standard InChI is InChI=1S/C18H12ClN3O3/c19-16-9-6-13(11-15(16)17-3-1-2-10-20-17)21-18(23)12-4-7-14(8-5-12)22(24)25/h1-11H,(H,21,23). The minimum atomic E-state index is -0.514. The van der Waals surface area contributed by atoms with Crippen LogP contribution in [-0.2, 0) is 0 Å². The van der Waals surface area contributed by atoms with Crippen LogP contribution in [0.2, 0.25) is 5.02 Å². The van der Waals surface area contributed by atoms with Crippen LogP contribution in [0.1, 0.15) is 10.4 Å². The van der Waals surface area contributed by atoms with Crippen LogP contribution in [0.4, 0.5) is 11.4 Å². The number of nitro groups is 1. The lowest BCUT2D eigenvalue weighted by molar-refractivity contribution is -0.384. The van der Waals surface area contributed by atoms with Crippen LogP contribution in [0.25, 0.3) is 11.3 Å². The summed E-state index contributed by atoms with van der Waals surface area (Å²) in [7, 11) is 0. The maximum absolute atomic E-state index is 12.3. The summed E-state index contributed by atoms with van der Waals surface area (Å²) in [5.74, 6) is -0.371. The van der Waals surface area contributed by atoms with Gasteiger partial charge in [0.15, 0.2) is 0 Å². The van der Waals surface area contributed by atoms with Crippen molar-refractivity contribution in [3.63, 3.8) is 0 Å². The minimum Gasteiger partial charge on any atom is -0.322 e. The molecule has 7 heteroatoms. The summed E-state index contributed by atoms with van der Waals surface area (Å²) in [4.78, 5) is 26.7. The molecule has 0 atom stereocenters. The Morgan fingerprint density at radius 3 is 2.48 bits per heavy atom. The Balaban J connectivity index is 1.83. The molecular weight excluding hydrogens is 342 g/mol. The van der Waals surface area contributed by atoms with Crippen molar-refractivity contribution in [3.8, 4) is 11.3 Å². The number of carbonyl (C=O) groups excluding carboxylic acids is 1. The number of hydrogen-bond donors (Lipinski definition) is 1. The summed E-state index contributed by atoms with van der Waals surface area (Å²) in [5, 5.41) is 13.9. The lowest BCUT2D eigenvalue weighted by atomic mass is 10.1. The molecule has 0 aliphatic carbocycles. The molecule has 1 aromatic heterocycles. The number of halogens is 1. The van der Waals surface area contributed by atoms with Crippen molar-refractivity contribution in [2.75, 3.05) is 5.32 Å². The number of non-ortho nitro benzene ring substituents is 1. The first kappa shape index (κ1) is 16.6. The topological polar surface area (TPSA) is 85.1 Å². The number of carbonyl (C=O) groups is 1. The highest BCUT2D eigenvalue weighted by molar-refractivity contribution is 6.33. The van der Waals surface area contributed by atoms with Gasteiger partial charge in [-0.25, -0.2) is 0 Å². The van der Waals surface area contributed by atoms with Gasteiger partial charge in [-0.15, -0.1) is 0 Å². The molecule has 0 saturated heterocycles. The quantitative estimate of drug-likeness (QED) is 0.550. The fraction of sp³-hybridized carbons (Fsp3) is 0. The van der Waals surface area contributed by atoms with E-state index in [1.54, 1.807) is 30.5 Å². The summed E-state index contributed by atoms with van der Waals surface area (Å²) in [6.07, 6.45) is 1.66. The second kappa shape index (κ2) is 7.11. The number of aromatic nitrogens is 1. The van der Waals surface area contributed by atoms with Crippen LogP contribution in [0, 0.1) is 10.1 Å². The van der Waals surface area contributed by atoms with Gasteiger partial charge in [-0.1, -0.05) is 17.7 Å². The number of hydrogen-bond acceptors (Lipinski definition) is 4. The Labute approximate surface area is 148 Å². The monoisotopic (exact) mass is 353 g/mol. The zero-order valence-corrected chi connectivity index (χ0v) is 13.6. The number of rotatable bonds is 4. The van der Waals surface area contributed by atoms with Crippen molar-refractivity contribution in [1.29, 1.82) is 0 Å². The van der Waals surface area contributed by atoms with Crippen LogP contribution in [0.5, 0.6) is 0 Å². The molecule has 1 heterocycles. The summed E-state index contributed by atoms with van der Waals surface area (Å²) in [6.45, 7) is 0. The van der Waals surface area contributed by atoms with Gasteiger partial charge in [0, 0.05) is 35.1 Å². The van der Waals surface area contributed by atoms with Crippen LogP contribution in [-0.4, -0.2) is 15.8 Å². The molecule has 0 spiro atoms. The van der Waals surface area contributed by atoms with Crippen molar-refractivity contribution in [3.05, 3.63) is 87.6 Å². The highest BCUT2D eigenvalue weighted by atomic mass is 35.5. The van der Waals surface area contributed by atoms with Gasteiger partial charge in [0.25, 0.3) is 11.6 Å².